The first-order valence-electron chi connectivity index (χ1n) is 3.11. The summed E-state index contributed by atoms with van der Waals surface area (Å²) in [7, 11) is 0. The molecule has 0 heterocycles. The molecular formula is C6H5CeO7. The van der Waals surface area contributed by atoms with Gasteiger partial charge in [-0.2, -0.15) is 0 Å². The zero-order chi connectivity index (χ0) is 10.6. The molecule has 0 atom stereocenters. The van der Waals surface area contributed by atoms with Crippen molar-refractivity contribution < 1.29 is 76.6 Å². The zero-order valence-corrected chi connectivity index (χ0v) is 9.95. The summed E-state index contributed by atoms with van der Waals surface area (Å²) in [4.78, 5) is 30.0. The summed E-state index contributed by atoms with van der Waals surface area (Å²) >= 11 is 0. The van der Waals surface area contributed by atoms with Crippen LogP contribution in [0.2, 0.25) is 0 Å². The van der Waals surface area contributed by atoms with E-state index >= 15 is 0 Å². The Morgan fingerprint density at radius 2 is 1.29 bits per heavy atom. The Morgan fingerprint density at radius 1 is 1.00 bits per heavy atom. The van der Waals surface area contributed by atoms with Gasteiger partial charge in [0.25, 0.3) is 0 Å². The van der Waals surface area contributed by atoms with E-state index in [0.29, 0.717) is 0 Å². The maximum Gasteiger partial charge on any atom is 3.00 e. The maximum absolute atomic E-state index is 10.1. The summed E-state index contributed by atoms with van der Waals surface area (Å²) in [6.07, 6.45) is -2.72. The molecular weight excluding hydrogens is 324 g/mol. The molecule has 0 saturated heterocycles. The first-order chi connectivity index (χ1) is 5.78. The van der Waals surface area contributed by atoms with Crippen LogP contribution in [0.4, 0.5) is 0 Å². The van der Waals surface area contributed by atoms with Gasteiger partial charge in [-0.05, 0) is 0 Å². The smallest absolute Gasteiger partial charge is 0.550 e. The van der Waals surface area contributed by atoms with E-state index in [1.807, 2.05) is 0 Å². The molecule has 0 saturated carbocycles. The molecule has 0 spiro atoms. The standard InChI is InChI=1S/C6H8O7.Ce/c7-3(8)1-6(13,5(11)12)2-4(9)10;/h13H,1-2H2,(H,7,8)(H,9,10)(H,11,12);/q;+3/p-3. The summed E-state index contributed by atoms with van der Waals surface area (Å²) in [6.45, 7) is 0. The fraction of sp³-hybridized carbons (Fsp3) is 0.500. The number of hydrogen-bond acceptors (Lipinski definition) is 7. The predicted molar refractivity (Wildman–Crippen MR) is 29.2 cm³/mol. The van der Waals surface area contributed by atoms with Crippen LogP contribution in [0.5, 0.6) is 0 Å². The van der Waals surface area contributed by atoms with Gasteiger partial charge in [0, 0.05) is 24.8 Å². The molecule has 0 rings (SSSR count). The van der Waals surface area contributed by atoms with Gasteiger partial charge in [0.05, 0.1) is 5.97 Å². The molecule has 0 fully saturated rings. The van der Waals surface area contributed by atoms with Crippen molar-refractivity contribution in [3.63, 3.8) is 0 Å². The van der Waals surface area contributed by atoms with E-state index in [1.54, 1.807) is 0 Å². The fourth-order valence-electron chi connectivity index (χ4n) is 0.684. The molecule has 0 aliphatic rings. The van der Waals surface area contributed by atoms with Crippen molar-refractivity contribution in [2.24, 2.45) is 0 Å². The molecule has 0 amide bonds. The number of hydrogen-bond donors (Lipinski definition) is 1. The Kier molecular flexibility index (Phi) is 7.25. The van der Waals surface area contributed by atoms with Crippen molar-refractivity contribution in [3.8, 4) is 0 Å². The number of rotatable bonds is 5. The minimum atomic E-state index is -2.97. The number of carboxylic acids is 3. The van der Waals surface area contributed by atoms with E-state index in [0.717, 1.165) is 0 Å². The molecule has 14 heavy (non-hydrogen) atoms. The number of aliphatic hydroxyl groups is 1. The van der Waals surface area contributed by atoms with E-state index in [2.05, 4.69) is 0 Å². The van der Waals surface area contributed by atoms with Crippen LogP contribution in [0, 0.1) is 41.7 Å². The van der Waals surface area contributed by atoms with E-state index < -0.39 is 36.4 Å². The molecule has 0 aromatic rings. The Bertz CT molecular complexity index is 233. The second-order valence-corrected chi connectivity index (χ2v) is 2.42. The van der Waals surface area contributed by atoms with Gasteiger partial charge in [-0.3, -0.25) is 0 Å². The largest absolute Gasteiger partial charge is 3.00 e. The number of carbonyl (C=O) groups is 3. The SMILES string of the molecule is O=C([O-])CC(O)(CC(=O)[O-])C(=O)[O-].[Ce+3]. The van der Waals surface area contributed by atoms with Crippen LogP contribution in [0.15, 0.2) is 0 Å². The van der Waals surface area contributed by atoms with Crippen LogP contribution in [0.3, 0.4) is 0 Å². The van der Waals surface area contributed by atoms with E-state index in [-0.39, 0.29) is 41.7 Å². The molecule has 0 aromatic heterocycles. The Balaban J connectivity index is 0. The summed E-state index contributed by atoms with van der Waals surface area (Å²) in [5, 5.41) is 38.9. The third kappa shape index (κ3) is 5.47. The minimum absolute atomic E-state index is 0. The number of aliphatic carboxylic acids is 3. The third-order valence-electron chi connectivity index (χ3n) is 1.25. The Labute approximate surface area is 112 Å². The first kappa shape index (κ1) is 16.2. The summed E-state index contributed by atoms with van der Waals surface area (Å²) in [5.41, 5.74) is -2.97. The van der Waals surface area contributed by atoms with Gasteiger partial charge < -0.3 is 34.8 Å². The average molecular weight is 329 g/mol. The molecule has 1 N–H and O–H groups in total. The Hall–Kier alpha value is -0.253. The van der Waals surface area contributed by atoms with Gasteiger partial charge in [0.15, 0.2) is 0 Å². The summed E-state index contributed by atoms with van der Waals surface area (Å²) < 4.78 is 0. The quantitative estimate of drug-likeness (QED) is 0.531. The monoisotopic (exact) mass is 329 g/mol. The van der Waals surface area contributed by atoms with Gasteiger partial charge >= 0.3 is 41.7 Å². The molecule has 7 nitrogen and oxygen atoms in total. The van der Waals surface area contributed by atoms with Crippen LogP contribution in [0.25, 0.3) is 0 Å². The first-order valence-corrected chi connectivity index (χ1v) is 3.11. The van der Waals surface area contributed by atoms with E-state index in [9.17, 15) is 29.7 Å². The zero-order valence-electron chi connectivity index (χ0n) is 6.81. The molecule has 0 aliphatic heterocycles. The molecule has 0 aliphatic carbocycles. The molecule has 1 radical (unpaired) electrons. The number of carboxylic acid groups (broad SMARTS) is 3. The summed E-state index contributed by atoms with van der Waals surface area (Å²) in [6, 6.07) is 0. The topological polar surface area (TPSA) is 141 Å². The van der Waals surface area contributed by atoms with Gasteiger partial charge in [-0.15, -0.1) is 0 Å². The van der Waals surface area contributed by atoms with Crippen molar-refractivity contribution in [1.29, 1.82) is 0 Å². The second kappa shape index (κ2) is 6.27. The van der Waals surface area contributed by atoms with Gasteiger partial charge in [-0.25, -0.2) is 0 Å². The van der Waals surface area contributed by atoms with Crippen LogP contribution >= 0.6 is 0 Å². The number of carbonyl (C=O) groups excluding carboxylic acids is 3. The van der Waals surface area contributed by atoms with Crippen molar-refractivity contribution in [1.82, 2.24) is 0 Å². The van der Waals surface area contributed by atoms with E-state index in [1.165, 1.54) is 0 Å². The normalized spacial score (nSPS) is 10.1. The van der Waals surface area contributed by atoms with Gasteiger partial charge in [0.2, 0.25) is 0 Å². The van der Waals surface area contributed by atoms with Crippen LogP contribution in [0.1, 0.15) is 12.8 Å². The van der Waals surface area contributed by atoms with Crippen molar-refractivity contribution in [3.05, 3.63) is 0 Å². The Morgan fingerprint density at radius 3 is 1.43 bits per heavy atom. The third-order valence-corrected chi connectivity index (χ3v) is 1.25. The predicted octanol–water partition coefficient (Wildman–Crippen LogP) is -5.25. The van der Waals surface area contributed by atoms with Crippen molar-refractivity contribution in [2.45, 2.75) is 18.4 Å². The second-order valence-electron chi connectivity index (χ2n) is 2.42. The van der Waals surface area contributed by atoms with Gasteiger partial charge in [0.1, 0.15) is 5.60 Å². The fourth-order valence-corrected chi connectivity index (χ4v) is 0.684. The molecule has 0 aromatic carbocycles. The van der Waals surface area contributed by atoms with Crippen molar-refractivity contribution >= 4 is 17.9 Å². The average Bonchev–Trinajstić information content (AvgIpc) is 1.82. The van der Waals surface area contributed by atoms with E-state index in [4.69, 9.17) is 5.11 Å². The summed E-state index contributed by atoms with van der Waals surface area (Å²) in [5.74, 6) is -5.98. The molecule has 0 bridgehead atoms. The molecule has 8 heteroatoms. The molecule has 0 unspecified atom stereocenters. The van der Waals surface area contributed by atoms with Crippen LogP contribution in [-0.2, 0) is 14.4 Å². The minimum Gasteiger partial charge on any atom is -0.550 e. The maximum atomic E-state index is 10.1. The van der Waals surface area contributed by atoms with Crippen molar-refractivity contribution in [2.75, 3.05) is 0 Å². The van der Waals surface area contributed by atoms with Gasteiger partial charge in [-0.1, -0.05) is 0 Å². The van der Waals surface area contributed by atoms with Crippen LogP contribution in [-0.4, -0.2) is 28.6 Å². The molecule has 75 valence electrons. The van der Waals surface area contributed by atoms with Crippen LogP contribution < -0.4 is 15.3 Å².